The van der Waals surface area contributed by atoms with Crippen LogP contribution in [0.4, 0.5) is 13.2 Å². The standard InChI is InChI=1S/C21H12F3NO3/c22-21(23,24)18-8-13(27)7-17-16(18)9-15(11-1-3-12(26)4-2-11)20(17)19-6-5-14(10-25)28-19/h1-8,26-27H,9H2. The summed E-state index contributed by atoms with van der Waals surface area (Å²) in [6.45, 7) is 0. The molecule has 4 rings (SSSR count). The number of alkyl halides is 3. The Kier molecular flexibility index (Phi) is 3.93. The third kappa shape index (κ3) is 2.89. The predicted molar refractivity (Wildman–Crippen MR) is 94.3 cm³/mol. The van der Waals surface area contributed by atoms with E-state index in [9.17, 15) is 23.4 Å². The topological polar surface area (TPSA) is 77.4 Å². The number of hydrogen-bond acceptors (Lipinski definition) is 4. The Balaban J connectivity index is 2.00. The number of furan rings is 1. The van der Waals surface area contributed by atoms with Gasteiger partial charge in [-0.15, -0.1) is 0 Å². The molecule has 2 aromatic carbocycles. The van der Waals surface area contributed by atoms with E-state index in [4.69, 9.17) is 9.68 Å². The number of hydrogen-bond donors (Lipinski definition) is 2. The normalized spacial score (nSPS) is 13.5. The van der Waals surface area contributed by atoms with Crippen molar-refractivity contribution in [2.45, 2.75) is 12.6 Å². The van der Waals surface area contributed by atoms with Crippen molar-refractivity contribution in [2.75, 3.05) is 0 Å². The van der Waals surface area contributed by atoms with E-state index >= 15 is 0 Å². The van der Waals surface area contributed by atoms with Gasteiger partial charge in [0, 0.05) is 12.0 Å². The SMILES string of the molecule is N#Cc1ccc(C2=C(c3ccc(O)cc3)Cc3c2cc(O)cc3C(F)(F)F)o1. The first-order valence-electron chi connectivity index (χ1n) is 8.24. The Bertz CT molecular complexity index is 1150. The van der Waals surface area contributed by atoms with Gasteiger partial charge in [-0.25, -0.2) is 0 Å². The van der Waals surface area contributed by atoms with E-state index in [2.05, 4.69) is 0 Å². The van der Waals surface area contributed by atoms with Gasteiger partial charge in [-0.1, -0.05) is 12.1 Å². The number of halogens is 3. The molecule has 28 heavy (non-hydrogen) atoms. The van der Waals surface area contributed by atoms with Crippen molar-refractivity contribution < 1.29 is 27.8 Å². The number of benzene rings is 2. The number of allylic oxidation sites excluding steroid dienone is 1. The summed E-state index contributed by atoms with van der Waals surface area (Å²) in [5.41, 5.74) is 0.841. The molecule has 2 N–H and O–H groups in total. The zero-order chi connectivity index (χ0) is 20.1. The first kappa shape index (κ1) is 17.7. The molecule has 0 spiro atoms. The van der Waals surface area contributed by atoms with Gasteiger partial charge in [0.25, 0.3) is 0 Å². The van der Waals surface area contributed by atoms with Gasteiger partial charge >= 0.3 is 6.18 Å². The van der Waals surface area contributed by atoms with E-state index in [1.165, 1.54) is 30.3 Å². The summed E-state index contributed by atoms with van der Waals surface area (Å²) in [7, 11) is 0. The lowest BCUT2D eigenvalue weighted by Gasteiger charge is -2.13. The maximum absolute atomic E-state index is 13.6. The van der Waals surface area contributed by atoms with Crippen molar-refractivity contribution in [1.29, 1.82) is 5.26 Å². The molecule has 0 atom stereocenters. The molecule has 0 unspecified atom stereocenters. The van der Waals surface area contributed by atoms with E-state index < -0.39 is 17.5 Å². The highest BCUT2D eigenvalue weighted by molar-refractivity contribution is 6.03. The zero-order valence-electron chi connectivity index (χ0n) is 14.2. The minimum absolute atomic E-state index is 0.0252. The summed E-state index contributed by atoms with van der Waals surface area (Å²) in [6, 6.07) is 12.8. The van der Waals surface area contributed by atoms with Crippen LogP contribution in [0.1, 0.15) is 33.8 Å². The summed E-state index contributed by atoms with van der Waals surface area (Å²) in [6.07, 6.45) is -4.67. The number of fused-ring (bicyclic) bond motifs is 1. The van der Waals surface area contributed by atoms with Crippen LogP contribution in [0.5, 0.6) is 11.5 Å². The third-order valence-electron chi connectivity index (χ3n) is 4.64. The van der Waals surface area contributed by atoms with E-state index in [0.29, 0.717) is 22.8 Å². The lowest BCUT2D eigenvalue weighted by molar-refractivity contribution is -0.138. The lowest BCUT2D eigenvalue weighted by Crippen LogP contribution is -2.09. The highest BCUT2D eigenvalue weighted by Gasteiger charge is 2.39. The minimum Gasteiger partial charge on any atom is -0.508 e. The molecule has 0 bridgehead atoms. The molecule has 0 fully saturated rings. The van der Waals surface area contributed by atoms with Crippen LogP contribution < -0.4 is 0 Å². The number of aromatic hydroxyl groups is 2. The molecule has 1 heterocycles. The maximum Gasteiger partial charge on any atom is 0.416 e. The molecule has 1 aromatic heterocycles. The number of phenolic OH excluding ortho intramolecular Hbond substituents is 2. The Morgan fingerprint density at radius 3 is 2.29 bits per heavy atom. The molecule has 0 radical (unpaired) electrons. The Labute approximate surface area is 157 Å². The van der Waals surface area contributed by atoms with Gasteiger partial charge in [-0.05, 0) is 58.7 Å². The second-order valence-corrected chi connectivity index (χ2v) is 6.37. The fraction of sp³-hybridized carbons (Fsp3) is 0.0952. The zero-order valence-corrected chi connectivity index (χ0v) is 14.2. The average Bonchev–Trinajstić information content (AvgIpc) is 3.24. The van der Waals surface area contributed by atoms with Crippen LogP contribution >= 0.6 is 0 Å². The average molecular weight is 383 g/mol. The molecular weight excluding hydrogens is 371 g/mol. The molecule has 1 aliphatic carbocycles. The Morgan fingerprint density at radius 2 is 1.68 bits per heavy atom. The third-order valence-corrected chi connectivity index (χ3v) is 4.64. The van der Waals surface area contributed by atoms with Gasteiger partial charge in [0.15, 0.2) is 0 Å². The monoisotopic (exact) mass is 383 g/mol. The number of phenols is 2. The van der Waals surface area contributed by atoms with E-state index in [-0.39, 0.29) is 34.8 Å². The van der Waals surface area contributed by atoms with Crippen LogP contribution in [-0.4, -0.2) is 10.2 Å². The number of nitrogens with zero attached hydrogens (tertiary/aromatic N) is 1. The molecule has 0 amide bonds. The fourth-order valence-electron chi connectivity index (χ4n) is 3.47. The number of nitriles is 1. The second kappa shape index (κ2) is 6.20. The van der Waals surface area contributed by atoms with Crippen LogP contribution in [-0.2, 0) is 12.6 Å². The van der Waals surface area contributed by atoms with Crippen LogP contribution in [0, 0.1) is 11.3 Å². The molecule has 7 heteroatoms. The van der Waals surface area contributed by atoms with Crippen molar-refractivity contribution in [1.82, 2.24) is 0 Å². The van der Waals surface area contributed by atoms with Crippen LogP contribution in [0.25, 0.3) is 11.1 Å². The highest BCUT2D eigenvalue weighted by Crippen LogP contribution is 2.48. The van der Waals surface area contributed by atoms with Gasteiger partial charge in [-0.2, -0.15) is 18.4 Å². The molecule has 0 aliphatic heterocycles. The summed E-state index contributed by atoms with van der Waals surface area (Å²) >= 11 is 0. The smallest absolute Gasteiger partial charge is 0.416 e. The minimum atomic E-state index is -4.64. The molecule has 140 valence electrons. The van der Waals surface area contributed by atoms with E-state index in [1.54, 1.807) is 12.1 Å². The molecule has 4 nitrogen and oxygen atoms in total. The van der Waals surface area contributed by atoms with Crippen molar-refractivity contribution >= 4 is 11.1 Å². The molecule has 3 aromatic rings. The van der Waals surface area contributed by atoms with Crippen LogP contribution in [0.2, 0.25) is 0 Å². The summed E-state index contributed by atoms with van der Waals surface area (Å²) < 4.78 is 46.2. The van der Waals surface area contributed by atoms with E-state index in [0.717, 1.165) is 0 Å². The van der Waals surface area contributed by atoms with Crippen LogP contribution in [0.3, 0.4) is 0 Å². The summed E-state index contributed by atoms with van der Waals surface area (Å²) in [5.74, 6) is -0.225. The molecule has 0 saturated heterocycles. The highest BCUT2D eigenvalue weighted by atomic mass is 19.4. The van der Waals surface area contributed by atoms with Crippen molar-refractivity contribution in [3.05, 3.63) is 82.3 Å². The Hall–Kier alpha value is -3.66. The Morgan fingerprint density at radius 1 is 0.964 bits per heavy atom. The second-order valence-electron chi connectivity index (χ2n) is 6.37. The van der Waals surface area contributed by atoms with Crippen molar-refractivity contribution in [3.63, 3.8) is 0 Å². The first-order chi connectivity index (χ1) is 13.3. The maximum atomic E-state index is 13.6. The largest absolute Gasteiger partial charge is 0.508 e. The van der Waals surface area contributed by atoms with Crippen molar-refractivity contribution in [2.24, 2.45) is 0 Å². The van der Waals surface area contributed by atoms with Gasteiger partial charge < -0.3 is 14.6 Å². The summed E-state index contributed by atoms with van der Waals surface area (Å²) in [5, 5.41) is 28.5. The van der Waals surface area contributed by atoms with E-state index in [1.807, 2.05) is 6.07 Å². The van der Waals surface area contributed by atoms with Gasteiger partial charge in [-0.3, -0.25) is 0 Å². The van der Waals surface area contributed by atoms with Gasteiger partial charge in [0.05, 0.1) is 5.56 Å². The van der Waals surface area contributed by atoms with Gasteiger partial charge in [0.2, 0.25) is 5.76 Å². The first-order valence-corrected chi connectivity index (χ1v) is 8.24. The molecule has 1 aliphatic rings. The van der Waals surface area contributed by atoms with Crippen molar-refractivity contribution in [3.8, 4) is 17.6 Å². The van der Waals surface area contributed by atoms with Crippen LogP contribution in [0.15, 0.2) is 52.9 Å². The lowest BCUT2D eigenvalue weighted by atomic mass is 9.98. The molecule has 0 saturated carbocycles. The predicted octanol–water partition coefficient (Wildman–Crippen LogP) is 5.10. The molecular formula is C21H12F3NO3. The quantitative estimate of drug-likeness (QED) is 0.646. The summed E-state index contributed by atoms with van der Waals surface area (Å²) in [4.78, 5) is 0. The number of rotatable bonds is 2. The van der Waals surface area contributed by atoms with Gasteiger partial charge in [0.1, 0.15) is 23.3 Å². The fourth-order valence-corrected chi connectivity index (χ4v) is 3.47.